The molecule has 1 N–H and O–H groups in total. The number of carbonyl (C=O) groups is 2. The van der Waals surface area contributed by atoms with E-state index in [0.717, 1.165) is 51.3 Å². The van der Waals surface area contributed by atoms with Crippen LogP contribution in [-0.2, 0) is 9.53 Å². The first-order chi connectivity index (χ1) is 15.6. The first-order valence-corrected chi connectivity index (χ1v) is 12.2. The van der Waals surface area contributed by atoms with Gasteiger partial charge in [0.25, 0.3) is 0 Å². The first-order valence-electron chi connectivity index (χ1n) is 12.2. The van der Waals surface area contributed by atoms with E-state index in [9.17, 15) is 14.0 Å². The fourth-order valence-corrected chi connectivity index (χ4v) is 5.22. The number of anilines is 1. The van der Waals surface area contributed by atoms with E-state index < -0.39 is 5.60 Å². The molecular weight excluding hydrogens is 423 g/mol. The summed E-state index contributed by atoms with van der Waals surface area (Å²) in [6.45, 7) is 11.5. The van der Waals surface area contributed by atoms with Gasteiger partial charge in [-0.05, 0) is 70.7 Å². The van der Waals surface area contributed by atoms with Crippen LogP contribution in [-0.4, -0.2) is 79.3 Å². The monoisotopic (exact) mass is 460 g/mol. The second-order valence-electron chi connectivity index (χ2n) is 10.7. The standard InChI is InChI=1S/C25H37FN4O3/c1-24(2,3)33-23(32)30-12-9-25(10-13-30)18-20(27-22(25)31)8-11-28-14-16-29(17-15-28)21-6-4-19(26)5-7-21/h4-7,20H,8-18H2,1-3H3,(H,27,31)/t20-/m1/s1. The van der Waals surface area contributed by atoms with Crippen LogP contribution in [0.15, 0.2) is 24.3 Å². The van der Waals surface area contributed by atoms with Crippen LogP contribution in [0.4, 0.5) is 14.9 Å². The summed E-state index contributed by atoms with van der Waals surface area (Å²) in [6.07, 6.45) is 2.91. The molecule has 1 aromatic rings. The maximum atomic E-state index is 13.2. The molecule has 1 spiro atoms. The van der Waals surface area contributed by atoms with Crippen molar-refractivity contribution in [3.05, 3.63) is 30.1 Å². The predicted molar refractivity (Wildman–Crippen MR) is 126 cm³/mol. The molecule has 0 saturated carbocycles. The quantitative estimate of drug-likeness (QED) is 0.747. The molecule has 0 bridgehead atoms. The minimum absolute atomic E-state index is 0.150. The van der Waals surface area contributed by atoms with Crippen LogP contribution in [0.2, 0.25) is 0 Å². The van der Waals surface area contributed by atoms with Gasteiger partial charge in [0.05, 0.1) is 5.41 Å². The molecule has 4 rings (SSSR count). The average Bonchev–Trinajstić information content (AvgIpc) is 3.07. The predicted octanol–water partition coefficient (Wildman–Crippen LogP) is 3.24. The number of amides is 2. The minimum Gasteiger partial charge on any atom is -0.444 e. The molecule has 33 heavy (non-hydrogen) atoms. The highest BCUT2D eigenvalue weighted by molar-refractivity contribution is 5.85. The Hall–Kier alpha value is -2.35. The average molecular weight is 461 g/mol. The molecule has 3 fully saturated rings. The van der Waals surface area contributed by atoms with Crippen LogP contribution in [0.5, 0.6) is 0 Å². The molecular formula is C25H37FN4O3. The summed E-state index contributed by atoms with van der Waals surface area (Å²) in [5, 5.41) is 3.23. The summed E-state index contributed by atoms with van der Waals surface area (Å²) >= 11 is 0. The number of piperazine rings is 1. The normalized spacial score (nSPS) is 23.6. The van der Waals surface area contributed by atoms with Gasteiger partial charge in [-0.15, -0.1) is 0 Å². The third-order valence-electron chi connectivity index (χ3n) is 7.18. The summed E-state index contributed by atoms with van der Waals surface area (Å²) in [4.78, 5) is 31.7. The fourth-order valence-electron chi connectivity index (χ4n) is 5.22. The van der Waals surface area contributed by atoms with Gasteiger partial charge in [0.1, 0.15) is 11.4 Å². The smallest absolute Gasteiger partial charge is 0.410 e. The van der Waals surface area contributed by atoms with Gasteiger partial charge >= 0.3 is 6.09 Å². The lowest BCUT2D eigenvalue weighted by molar-refractivity contribution is -0.130. The van der Waals surface area contributed by atoms with E-state index in [1.807, 2.05) is 32.9 Å². The Morgan fingerprint density at radius 1 is 1.09 bits per heavy atom. The molecule has 3 heterocycles. The lowest BCUT2D eigenvalue weighted by Crippen LogP contribution is -2.47. The van der Waals surface area contributed by atoms with E-state index in [2.05, 4.69) is 15.1 Å². The summed E-state index contributed by atoms with van der Waals surface area (Å²) in [6, 6.07) is 6.90. The Balaban J connectivity index is 1.20. The molecule has 2 amide bonds. The maximum absolute atomic E-state index is 13.2. The van der Waals surface area contributed by atoms with Gasteiger partial charge in [0.2, 0.25) is 5.91 Å². The van der Waals surface area contributed by atoms with E-state index in [4.69, 9.17) is 4.74 Å². The molecule has 0 aromatic heterocycles. The van der Waals surface area contributed by atoms with Crippen molar-refractivity contribution in [3.63, 3.8) is 0 Å². The van der Waals surface area contributed by atoms with Crippen molar-refractivity contribution in [2.24, 2.45) is 5.41 Å². The number of nitrogens with one attached hydrogen (secondary N) is 1. The largest absolute Gasteiger partial charge is 0.444 e. The SMILES string of the molecule is CC(C)(C)OC(=O)N1CCC2(CC1)C[C@@H](CCN1CCN(c3ccc(F)cc3)CC1)NC2=O. The molecule has 1 aromatic carbocycles. The number of ether oxygens (including phenoxy) is 1. The van der Waals surface area contributed by atoms with Crippen molar-refractivity contribution in [1.82, 2.24) is 15.1 Å². The minimum atomic E-state index is -0.507. The summed E-state index contributed by atoms with van der Waals surface area (Å²) < 4.78 is 18.6. The molecule has 3 aliphatic rings. The Bertz CT molecular complexity index is 838. The highest BCUT2D eigenvalue weighted by Gasteiger charge is 2.49. The highest BCUT2D eigenvalue weighted by Crippen LogP contribution is 2.41. The lowest BCUT2D eigenvalue weighted by atomic mass is 9.76. The Labute approximate surface area is 196 Å². The summed E-state index contributed by atoms with van der Waals surface area (Å²) in [7, 11) is 0. The van der Waals surface area contributed by atoms with Crippen molar-refractivity contribution >= 4 is 17.7 Å². The van der Waals surface area contributed by atoms with E-state index in [0.29, 0.717) is 25.9 Å². The zero-order chi connectivity index (χ0) is 23.6. The van der Waals surface area contributed by atoms with Gasteiger partial charge in [-0.25, -0.2) is 9.18 Å². The zero-order valence-electron chi connectivity index (χ0n) is 20.1. The van der Waals surface area contributed by atoms with Crippen molar-refractivity contribution in [1.29, 1.82) is 0 Å². The van der Waals surface area contributed by atoms with Crippen LogP contribution in [0.3, 0.4) is 0 Å². The number of likely N-dealkylation sites (tertiary alicyclic amines) is 1. The van der Waals surface area contributed by atoms with Crippen LogP contribution in [0.25, 0.3) is 0 Å². The lowest BCUT2D eigenvalue weighted by Gasteiger charge is -2.38. The number of halogens is 1. The van der Waals surface area contributed by atoms with Gasteiger partial charge < -0.3 is 19.9 Å². The van der Waals surface area contributed by atoms with E-state index in [1.54, 1.807) is 4.90 Å². The van der Waals surface area contributed by atoms with Crippen LogP contribution in [0.1, 0.15) is 46.5 Å². The molecule has 182 valence electrons. The molecule has 3 saturated heterocycles. The summed E-state index contributed by atoms with van der Waals surface area (Å²) in [5.41, 5.74) is 0.218. The topological polar surface area (TPSA) is 65.1 Å². The molecule has 8 heteroatoms. The highest BCUT2D eigenvalue weighted by atomic mass is 19.1. The van der Waals surface area contributed by atoms with Gasteiger partial charge in [0.15, 0.2) is 0 Å². The maximum Gasteiger partial charge on any atom is 0.410 e. The third kappa shape index (κ3) is 5.78. The molecule has 0 unspecified atom stereocenters. The van der Waals surface area contributed by atoms with Crippen molar-refractivity contribution in [2.75, 3.05) is 50.7 Å². The first kappa shape index (κ1) is 23.8. The number of hydrogen-bond donors (Lipinski definition) is 1. The Morgan fingerprint density at radius 2 is 1.73 bits per heavy atom. The Kier molecular flexibility index (Phi) is 6.84. The van der Waals surface area contributed by atoms with Gasteiger partial charge in [-0.2, -0.15) is 0 Å². The van der Waals surface area contributed by atoms with Gasteiger partial charge in [0, 0.05) is 57.5 Å². The van der Waals surface area contributed by atoms with Crippen molar-refractivity contribution in [2.45, 2.75) is 58.1 Å². The van der Waals surface area contributed by atoms with E-state index >= 15 is 0 Å². The molecule has 0 radical (unpaired) electrons. The molecule has 7 nitrogen and oxygen atoms in total. The van der Waals surface area contributed by atoms with Gasteiger partial charge in [-0.1, -0.05) is 0 Å². The second kappa shape index (κ2) is 9.49. The number of nitrogens with zero attached hydrogens (tertiary/aromatic N) is 3. The number of carbonyl (C=O) groups excluding carboxylic acids is 2. The third-order valence-corrected chi connectivity index (χ3v) is 7.18. The fraction of sp³-hybridized carbons (Fsp3) is 0.680. The van der Waals surface area contributed by atoms with Crippen LogP contribution in [0, 0.1) is 11.2 Å². The van der Waals surface area contributed by atoms with Crippen molar-refractivity contribution in [3.8, 4) is 0 Å². The van der Waals surface area contributed by atoms with Crippen molar-refractivity contribution < 1.29 is 18.7 Å². The Morgan fingerprint density at radius 3 is 2.33 bits per heavy atom. The van der Waals surface area contributed by atoms with E-state index in [-0.39, 0.29) is 29.3 Å². The molecule has 1 atom stereocenters. The zero-order valence-corrected chi connectivity index (χ0v) is 20.1. The van der Waals surface area contributed by atoms with Gasteiger partial charge in [-0.3, -0.25) is 9.69 Å². The van der Waals surface area contributed by atoms with E-state index in [1.165, 1.54) is 12.1 Å². The van der Waals surface area contributed by atoms with Crippen LogP contribution < -0.4 is 10.2 Å². The second-order valence-corrected chi connectivity index (χ2v) is 10.7. The summed E-state index contributed by atoms with van der Waals surface area (Å²) in [5.74, 6) is -0.0539. The number of hydrogen-bond acceptors (Lipinski definition) is 5. The molecule has 0 aliphatic carbocycles. The van der Waals surface area contributed by atoms with Crippen LogP contribution >= 0.6 is 0 Å². The number of rotatable bonds is 4. The number of piperidine rings is 1. The number of benzene rings is 1. The molecule has 3 aliphatic heterocycles.